The molecule has 1 heterocycles. The molecule has 1 amide bonds. The predicted molar refractivity (Wildman–Crippen MR) is 74.9 cm³/mol. The van der Waals surface area contributed by atoms with E-state index in [0.717, 1.165) is 31.5 Å². The topological polar surface area (TPSA) is 54.0 Å². The largest absolute Gasteiger partial charge is 0.385 e. The fourth-order valence-electron chi connectivity index (χ4n) is 1.74. The highest BCUT2D eigenvalue weighted by Gasteiger charge is 2.10. The zero-order valence-electron chi connectivity index (χ0n) is 11.5. The molecule has 1 aromatic rings. The van der Waals surface area contributed by atoms with E-state index in [1.54, 1.807) is 12.3 Å². The van der Waals surface area contributed by atoms with Gasteiger partial charge in [-0.2, -0.15) is 0 Å². The van der Waals surface area contributed by atoms with Gasteiger partial charge in [-0.3, -0.25) is 9.78 Å². The summed E-state index contributed by atoms with van der Waals surface area (Å²) < 4.78 is 0. The van der Waals surface area contributed by atoms with Gasteiger partial charge in [0, 0.05) is 24.5 Å². The van der Waals surface area contributed by atoms with E-state index in [2.05, 4.69) is 29.5 Å². The molecule has 4 nitrogen and oxygen atoms in total. The minimum atomic E-state index is -0.101. The van der Waals surface area contributed by atoms with Gasteiger partial charge < -0.3 is 10.6 Å². The lowest BCUT2D eigenvalue weighted by Gasteiger charge is -2.12. The summed E-state index contributed by atoms with van der Waals surface area (Å²) in [6.45, 7) is 7.13. The van der Waals surface area contributed by atoms with Crippen molar-refractivity contribution in [1.82, 2.24) is 10.3 Å². The summed E-state index contributed by atoms with van der Waals surface area (Å²) in [6.07, 6.45) is 4.77. The third-order valence-electron chi connectivity index (χ3n) is 2.67. The number of aromatic nitrogens is 1. The standard InChI is InChI=1S/C14H23N3O/c1-4-6-11(3)17-14(18)13-10-12(7-9-16-13)15-8-5-2/h7,9-11H,4-6,8H2,1-3H3,(H,15,16)(H,17,18). The minimum Gasteiger partial charge on any atom is -0.385 e. The Bertz CT molecular complexity index is 379. The van der Waals surface area contributed by atoms with E-state index in [9.17, 15) is 4.79 Å². The lowest BCUT2D eigenvalue weighted by molar-refractivity contribution is 0.0933. The van der Waals surface area contributed by atoms with E-state index in [4.69, 9.17) is 0 Å². The van der Waals surface area contributed by atoms with Crippen LogP contribution in [0, 0.1) is 0 Å². The highest BCUT2D eigenvalue weighted by atomic mass is 16.1. The van der Waals surface area contributed by atoms with Crippen LogP contribution in [-0.2, 0) is 0 Å². The number of amides is 1. The molecule has 1 aromatic heterocycles. The van der Waals surface area contributed by atoms with Gasteiger partial charge in [0.2, 0.25) is 0 Å². The second-order valence-corrected chi connectivity index (χ2v) is 4.52. The summed E-state index contributed by atoms with van der Waals surface area (Å²) in [7, 11) is 0. The van der Waals surface area contributed by atoms with Crippen molar-refractivity contribution in [3.8, 4) is 0 Å². The van der Waals surface area contributed by atoms with Crippen molar-refractivity contribution in [2.24, 2.45) is 0 Å². The molecule has 0 aromatic carbocycles. The van der Waals surface area contributed by atoms with Crippen LogP contribution in [0.5, 0.6) is 0 Å². The number of carbonyl (C=O) groups excluding carboxylic acids is 1. The molecule has 18 heavy (non-hydrogen) atoms. The monoisotopic (exact) mass is 249 g/mol. The van der Waals surface area contributed by atoms with Crippen molar-refractivity contribution in [1.29, 1.82) is 0 Å². The highest BCUT2D eigenvalue weighted by molar-refractivity contribution is 5.93. The third-order valence-corrected chi connectivity index (χ3v) is 2.67. The number of carbonyl (C=O) groups is 1. The maximum absolute atomic E-state index is 12.0. The van der Waals surface area contributed by atoms with Crippen molar-refractivity contribution in [2.75, 3.05) is 11.9 Å². The first-order valence-electron chi connectivity index (χ1n) is 6.68. The van der Waals surface area contributed by atoms with E-state index < -0.39 is 0 Å². The molecule has 4 heteroatoms. The van der Waals surface area contributed by atoms with E-state index in [-0.39, 0.29) is 11.9 Å². The molecule has 0 saturated carbocycles. The molecule has 1 unspecified atom stereocenters. The van der Waals surface area contributed by atoms with Crippen LogP contribution in [0.4, 0.5) is 5.69 Å². The predicted octanol–water partition coefficient (Wildman–Crippen LogP) is 2.82. The molecular formula is C14H23N3O. The van der Waals surface area contributed by atoms with Crippen LogP contribution in [0.2, 0.25) is 0 Å². The molecule has 1 rings (SSSR count). The van der Waals surface area contributed by atoms with Crippen LogP contribution in [0.25, 0.3) is 0 Å². The van der Waals surface area contributed by atoms with Crippen molar-refractivity contribution in [2.45, 2.75) is 46.1 Å². The zero-order valence-corrected chi connectivity index (χ0v) is 11.5. The molecule has 0 aliphatic rings. The average molecular weight is 249 g/mol. The van der Waals surface area contributed by atoms with Crippen LogP contribution in [0.3, 0.4) is 0 Å². The fraction of sp³-hybridized carbons (Fsp3) is 0.571. The summed E-state index contributed by atoms with van der Waals surface area (Å²) in [6, 6.07) is 3.86. The Morgan fingerprint density at radius 2 is 2.17 bits per heavy atom. The van der Waals surface area contributed by atoms with Gasteiger partial charge in [-0.05, 0) is 31.9 Å². The average Bonchev–Trinajstić information content (AvgIpc) is 2.37. The van der Waals surface area contributed by atoms with Gasteiger partial charge in [0.25, 0.3) is 5.91 Å². The molecule has 0 saturated heterocycles. The lowest BCUT2D eigenvalue weighted by atomic mass is 10.2. The molecule has 100 valence electrons. The molecule has 0 aliphatic heterocycles. The third kappa shape index (κ3) is 4.73. The quantitative estimate of drug-likeness (QED) is 0.781. The number of anilines is 1. The van der Waals surface area contributed by atoms with Crippen LogP contribution in [0.1, 0.15) is 50.5 Å². The van der Waals surface area contributed by atoms with Crippen LogP contribution >= 0.6 is 0 Å². The van der Waals surface area contributed by atoms with Crippen LogP contribution < -0.4 is 10.6 Å². The first kappa shape index (κ1) is 14.5. The Morgan fingerprint density at radius 1 is 1.39 bits per heavy atom. The van der Waals surface area contributed by atoms with Crippen molar-refractivity contribution >= 4 is 11.6 Å². The molecule has 0 radical (unpaired) electrons. The second kappa shape index (κ2) is 7.69. The van der Waals surface area contributed by atoms with Crippen LogP contribution in [0.15, 0.2) is 18.3 Å². The highest BCUT2D eigenvalue weighted by Crippen LogP contribution is 2.08. The first-order valence-corrected chi connectivity index (χ1v) is 6.68. The van der Waals surface area contributed by atoms with Gasteiger partial charge >= 0.3 is 0 Å². The summed E-state index contributed by atoms with van der Waals surface area (Å²) in [4.78, 5) is 16.1. The van der Waals surface area contributed by atoms with E-state index in [1.807, 2.05) is 13.0 Å². The molecule has 0 bridgehead atoms. The number of hydrogen-bond donors (Lipinski definition) is 2. The first-order chi connectivity index (χ1) is 8.67. The van der Waals surface area contributed by atoms with Crippen molar-refractivity contribution in [3.05, 3.63) is 24.0 Å². The molecule has 0 spiro atoms. The number of pyridine rings is 1. The lowest BCUT2D eigenvalue weighted by Crippen LogP contribution is -2.32. The normalized spacial score (nSPS) is 11.9. The van der Waals surface area contributed by atoms with Gasteiger partial charge in [0.15, 0.2) is 0 Å². The number of nitrogens with one attached hydrogen (secondary N) is 2. The summed E-state index contributed by atoms with van der Waals surface area (Å²) in [5.41, 5.74) is 1.42. The maximum atomic E-state index is 12.0. The zero-order chi connectivity index (χ0) is 13.4. The van der Waals surface area contributed by atoms with E-state index in [1.165, 1.54) is 0 Å². The van der Waals surface area contributed by atoms with Gasteiger partial charge in [0.1, 0.15) is 5.69 Å². The second-order valence-electron chi connectivity index (χ2n) is 4.52. The summed E-state index contributed by atoms with van der Waals surface area (Å²) in [5.74, 6) is -0.101. The van der Waals surface area contributed by atoms with Gasteiger partial charge in [-0.25, -0.2) is 0 Å². The minimum absolute atomic E-state index is 0.101. The van der Waals surface area contributed by atoms with Crippen LogP contribution in [-0.4, -0.2) is 23.5 Å². The van der Waals surface area contributed by atoms with Crippen molar-refractivity contribution in [3.63, 3.8) is 0 Å². The Morgan fingerprint density at radius 3 is 2.83 bits per heavy atom. The molecule has 0 fully saturated rings. The Labute approximate surface area is 109 Å². The van der Waals surface area contributed by atoms with Gasteiger partial charge in [-0.1, -0.05) is 20.3 Å². The number of nitrogens with zero attached hydrogens (tertiary/aromatic N) is 1. The Balaban J connectivity index is 2.62. The van der Waals surface area contributed by atoms with Gasteiger partial charge in [0.05, 0.1) is 0 Å². The summed E-state index contributed by atoms with van der Waals surface area (Å²) >= 11 is 0. The van der Waals surface area contributed by atoms with Gasteiger partial charge in [-0.15, -0.1) is 0 Å². The maximum Gasteiger partial charge on any atom is 0.270 e. The smallest absolute Gasteiger partial charge is 0.270 e. The number of rotatable bonds is 7. The van der Waals surface area contributed by atoms with E-state index >= 15 is 0 Å². The molecular weight excluding hydrogens is 226 g/mol. The number of hydrogen-bond acceptors (Lipinski definition) is 3. The molecule has 0 aliphatic carbocycles. The van der Waals surface area contributed by atoms with E-state index in [0.29, 0.717) is 5.69 Å². The fourth-order valence-corrected chi connectivity index (χ4v) is 1.74. The summed E-state index contributed by atoms with van der Waals surface area (Å²) in [5, 5.41) is 6.20. The van der Waals surface area contributed by atoms with Crippen molar-refractivity contribution < 1.29 is 4.79 Å². The SMILES string of the molecule is CCCNc1ccnc(C(=O)NC(C)CCC)c1. The molecule has 1 atom stereocenters. The molecule has 2 N–H and O–H groups in total. The Hall–Kier alpha value is -1.58. The Kier molecular flexibility index (Phi) is 6.19.